The van der Waals surface area contributed by atoms with Crippen molar-refractivity contribution in [2.45, 2.75) is 23.8 Å². The minimum Gasteiger partial charge on any atom is -0.345 e. The average Bonchev–Trinajstić information content (AvgIpc) is 3.29. The molecule has 4 rings (SSSR count). The highest BCUT2D eigenvalue weighted by Gasteiger charge is 2.40. The van der Waals surface area contributed by atoms with Crippen LogP contribution in [0.1, 0.15) is 30.0 Å². The zero-order valence-corrected chi connectivity index (χ0v) is 16.0. The number of carbonyl (C=O) groups excluding carboxylic acids is 1. The highest BCUT2D eigenvalue weighted by Crippen LogP contribution is 2.43. The lowest BCUT2D eigenvalue weighted by Crippen LogP contribution is -2.36. The van der Waals surface area contributed by atoms with E-state index in [2.05, 4.69) is 17.5 Å². The van der Waals surface area contributed by atoms with E-state index in [0.29, 0.717) is 11.8 Å². The van der Waals surface area contributed by atoms with Crippen molar-refractivity contribution >= 4 is 15.7 Å². The summed E-state index contributed by atoms with van der Waals surface area (Å²) in [7, 11) is -3.31. The molecular formula is C22H23NO3S. The topological polar surface area (TPSA) is 63.2 Å². The second-order valence-electron chi connectivity index (χ2n) is 7.58. The minimum absolute atomic E-state index is 0.00398. The maximum absolute atomic E-state index is 13.0. The van der Waals surface area contributed by atoms with Gasteiger partial charge in [-0.3, -0.25) is 4.79 Å². The van der Waals surface area contributed by atoms with Gasteiger partial charge in [0.05, 0.1) is 10.9 Å². The molecule has 0 aromatic heterocycles. The third-order valence-electron chi connectivity index (χ3n) is 5.65. The standard InChI is InChI=1S/C22H23NO3S/c1-27(25,26)19-9-5-8-18(14-19)21(16-6-3-2-4-7-16)23-22(24)20-13-15-10-11-17(20)12-15/h2-11,14-15,17,20-21H,12-13H2,1H3,(H,23,24). The Bertz CT molecular complexity index is 982. The molecule has 2 aliphatic rings. The Labute approximate surface area is 160 Å². The Balaban J connectivity index is 1.66. The Morgan fingerprint density at radius 1 is 1.00 bits per heavy atom. The van der Waals surface area contributed by atoms with Crippen LogP contribution in [0.25, 0.3) is 0 Å². The number of rotatable bonds is 5. The first-order chi connectivity index (χ1) is 12.9. The van der Waals surface area contributed by atoms with Crippen LogP contribution in [0.5, 0.6) is 0 Å². The summed E-state index contributed by atoms with van der Waals surface area (Å²) in [5.74, 6) is 0.901. The van der Waals surface area contributed by atoms with E-state index in [1.54, 1.807) is 18.2 Å². The van der Waals surface area contributed by atoms with Crippen molar-refractivity contribution in [3.63, 3.8) is 0 Å². The van der Waals surface area contributed by atoms with Crippen molar-refractivity contribution in [1.82, 2.24) is 5.32 Å². The highest BCUT2D eigenvalue weighted by atomic mass is 32.2. The van der Waals surface area contributed by atoms with Crippen LogP contribution in [0.2, 0.25) is 0 Å². The lowest BCUT2D eigenvalue weighted by atomic mass is 9.91. The van der Waals surface area contributed by atoms with Crippen LogP contribution in [-0.2, 0) is 14.6 Å². The molecule has 1 saturated carbocycles. The zero-order chi connectivity index (χ0) is 19.0. The normalized spacial score (nSPS) is 24.7. The second-order valence-corrected chi connectivity index (χ2v) is 9.60. The van der Waals surface area contributed by atoms with Crippen molar-refractivity contribution in [3.05, 3.63) is 77.9 Å². The van der Waals surface area contributed by atoms with Crippen LogP contribution in [0.15, 0.2) is 71.6 Å². The molecule has 140 valence electrons. The van der Waals surface area contributed by atoms with E-state index in [0.717, 1.165) is 24.0 Å². The molecule has 4 unspecified atom stereocenters. The van der Waals surface area contributed by atoms with E-state index in [1.807, 2.05) is 36.4 Å². The quantitative estimate of drug-likeness (QED) is 0.806. The van der Waals surface area contributed by atoms with Crippen LogP contribution in [0.3, 0.4) is 0 Å². The van der Waals surface area contributed by atoms with Crippen LogP contribution >= 0.6 is 0 Å². The van der Waals surface area contributed by atoms with Gasteiger partial charge < -0.3 is 5.32 Å². The number of allylic oxidation sites excluding steroid dienone is 2. The van der Waals surface area contributed by atoms with E-state index in [9.17, 15) is 13.2 Å². The van der Waals surface area contributed by atoms with Crippen molar-refractivity contribution in [3.8, 4) is 0 Å². The lowest BCUT2D eigenvalue weighted by molar-refractivity contribution is -0.126. The molecule has 4 atom stereocenters. The SMILES string of the molecule is CS(=O)(=O)c1cccc(C(NC(=O)C2CC3C=CC2C3)c2ccccc2)c1. The number of sulfone groups is 1. The van der Waals surface area contributed by atoms with E-state index in [-0.39, 0.29) is 22.8 Å². The summed E-state index contributed by atoms with van der Waals surface area (Å²) >= 11 is 0. The van der Waals surface area contributed by atoms with Gasteiger partial charge in [0.25, 0.3) is 0 Å². The Hall–Kier alpha value is -2.40. The first kappa shape index (κ1) is 18.0. The maximum Gasteiger partial charge on any atom is 0.224 e. The summed E-state index contributed by atoms with van der Waals surface area (Å²) in [5, 5.41) is 3.19. The van der Waals surface area contributed by atoms with Gasteiger partial charge in [-0.05, 0) is 47.9 Å². The summed E-state index contributed by atoms with van der Waals surface area (Å²) in [6.45, 7) is 0. The van der Waals surface area contributed by atoms with Gasteiger partial charge in [-0.1, -0.05) is 54.6 Å². The molecule has 1 fully saturated rings. The second kappa shape index (κ2) is 6.97. The molecule has 4 nitrogen and oxygen atoms in total. The number of fused-ring (bicyclic) bond motifs is 2. The fourth-order valence-corrected chi connectivity index (χ4v) is 4.94. The van der Waals surface area contributed by atoms with Gasteiger partial charge in [0, 0.05) is 12.2 Å². The molecule has 2 aliphatic carbocycles. The summed E-state index contributed by atoms with van der Waals surface area (Å²) < 4.78 is 23.9. The predicted octanol–water partition coefficient (Wildman–Crippen LogP) is 3.51. The predicted molar refractivity (Wildman–Crippen MR) is 105 cm³/mol. The first-order valence-electron chi connectivity index (χ1n) is 9.25. The van der Waals surface area contributed by atoms with Crippen LogP contribution in [-0.4, -0.2) is 20.6 Å². The minimum atomic E-state index is -3.31. The van der Waals surface area contributed by atoms with Crippen molar-refractivity contribution in [1.29, 1.82) is 0 Å². The number of hydrogen-bond acceptors (Lipinski definition) is 3. The van der Waals surface area contributed by atoms with Gasteiger partial charge in [-0.25, -0.2) is 8.42 Å². The third-order valence-corrected chi connectivity index (χ3v) is 6.76. The molecule has 0 saturated heterocycles. The molecule has 5 heteroatoms. The van der Waals surface area contributed by atoms with Gasteiger partial charge in [-0.2, -0.15) is 0 Å². The van der Waals surface area contributed by atoms with Gasteiger partial charge >= 0.3 is 0 Å². The molecule has 0 radical (unpaired) electrons. The van der Waals surface area contributed by atoms with Gasteiger partial charge in [0.2, 0.25) is 5.91 Å². The Kier molecular flexibility index (Phi) is 4.64. The smallest absolute Gasteiger partial charge is 0.224 e. The van der Waals surface area contributed by atoms with Gasteiger partial charge in [-0.15, -0.1) is 0 Å². The third kappa shape index (κ3) is 3.69. The molecule has 1 amide bonds. The number of amides is 1. The van der Waals surface area contributed by atoms with Gasteiger partial charge in [0.1, 0.15) is 0 Å². The fourth-order valence-electron chi connectivity index (χ4n) is 4.26. The van der Waals surface area contributed by atoms with Crippen molar-refractivity contribution in [2.24, 2.45) is 17.8 Å². The molecule has 27 heavy (non-hydrogen) atoms. The molecule has 2 aromatic carbocycles. The molecule has 1 N–H and O–H groups in total. The van der Waals surface area contributed by atoms with Crippen molar-refractivity contribution < 1.29 is 13.2 Å². The Morgan fingerprint density at radius 3 is 2.37 bits per heavy atom. The highest BCUT2D eigenvalue weighted by molar-refractivity contribution is 7.90. The van der Waals surface area contributed by atoms with Crippen LogP contribution in [0.4, 0.5) is 0 Å². The summed E-state index contributed by atoms with van der Waals surface area (Å²) in [6, 6.07) is 16.2. The molecule has 0 heterocycles. The molecule has 0 spiro atoms. The average molecular weight is 381 g/mol. The monoisotopic (exact) mass is 381 g/mol. The van der Waals surface area contributed by atoms with E-state index >= 15 is 0 Å². The van der Waals surface area contributed by atoms with E-state index < -0.39 is 9.84 Å². The van der Waals surface area contributed by atoms with Crippen LogP contribution < -0.4 is 5.32 Å². The molecule has 2 bridgehead atoms. The molecular weight excluding hydrogens is 358 g/mol. The Morgan fingerprint density at radius 2 is 1.74 bits per heavy atom. The fraction of sp³-hybridized carbons (Fsp3) is 0.318. The van der Waals surface area contributed by atoms with E-state index in [1.165, 1.54) is 6.26 Å². The number of carbonyl (C=O) groups is 1. The maximum atomic E-state index is 13.0. The lowest BCUT2D eigenvalue weighted by Gasteiger charge is -2.24. The van der Waals surface area contributed by atoms with E-state index in [4.69, 9.17) is 0 Å². The summed E-state index contributed by atoms with van der Waals surface area (Å²) in [5.41, 5.74) is 1.71. The largest absolute Gasteiger partial charge is 0.345 e. The van der Waals surface area contributed by atoms with Crippen molar-refractivity contribution in [2.75, 3.05) is 6.26 Å². The molecule has 2 aromatic rings. The number of nitrogens with one attached hydrogen (secondary N) is 1. The summed E-state index contributed by atoms with van der Waals surface area (Å²) in [6.07, 6.45) is 7.55. The molecule has 0 aliphatic heterocycles. The summed E-state index contributed by atoms with van der Waals surface area (Å²) in [4.78, 5) is 13.3. The number of benzene rings is 2. The van der Waals surface area contributed by atoms with Crippen LogP contribution in [0, 0.1) is 17.8 Å². The number of hydrogen-bond donors (Lipinski definition) is 1. The first-order valence-corrected chi connectivity index (χ1v) is 11.1. The van der Waals surface area contributed by atoms with Gasteiger partial charge in [0.15, 0.2) is 9.84 Å². The zero-order valence-electron chi connectivity index (χ0n) is 15.2.